The molecule has 3 rings (SSSR count). The van der Waals surface area contributed by atoms with E-state index >= 15 is 0 Å². The van der Waals surface area contributed by atoms with Crippen molar-refractivity contribution in [3.63, 3.8) is 0 Å². The van der Waals surface area contributed by atoms with Crippen LogP contribution in [0.4, 0.5) is 11.6 Å². The molecule has 0 spiro atoms. The van der Waals surface area contributed by atoms with Crippen molar-refractivity contribution < 1.29 is 9.21 Å². The summed E-state index contributed by atoms with van der Waals surface area (Å²) < 4.78 is 5.10. The van der Waals surface area contributed by atoms with Crippen LogP contribution in [0, 0.1) is 0 Å². The van der Waals surface area contributed by atoms with Gasteiger partial charge >= 0.3 is 0 Å². The van der Waals surface area contributed by atoms with Gasteiger partial charge in [0.05, 0.1) is 6.26 Å². The van der Waals surface area contributed by atoms with Gasteiger partial charge < -0.3 is 19.5 Å². The van der Waals surface area contributed by atoms with Gasteiger partial charge in [-0.3, -0.25) is 4.79 Å². The summed E-state index contributed by atoms with van der Waals surface area (Å²) >= 11 is 0. The van der Waals surface area contributed by atoms with Crippen LogP contribution in [0.25, 0.3) is 0 Å². The molecule has 3 heterocycles. The SMILES string of the molecule is CN1CCC(N(C)c2cccc(NC(=O)c3ccco3)n2)CC1.Cl. The van der Waals surface area contributed by atoms with Crippen molar-refractivity contribution in [2.24, 2.45) is 0 Å². The maximum absolute atomic E-state index is 12.0. The number of anilines is 2. The van der Waals surface area contributed by atoms with Gasteiger partial charge in [0.25, 0.3) is 5.91 Å². The van der Waals surface area contributed by atoms with Gasteiger partial charge in [-0.25, -0.2) is 4.98 Å². The highest BCUT2D eigenvalue weighted by atomic mass is 35.5. The van der Waals surface area contributed by atoms with Gasteiger partial charge in [0, 0.05) is 13.1 Å². The average Bonchev–Trinajstić information content (AvgIpc) is 3.10. The smallest absolute Gasteiger partial charge is 0.292 e. The lowest BCUT2D eigenvalue weighted by Crippen LogP contribution is -2.42. The van der Waals surface area contributed by atoms with Crippen molar-refractivity contribution >= 4 is 29.9 Å². The van der Waals surface area contributed by atoms with Gasteiger partial charge in [-0.15, -0.1) is 12.4 Å². The molecule has 130 valence electrons. The Morgan fingerprint density at radius 1 is 1.29 bits per heavy atom. The summed E-state index contributed by atoms with van der Waals surface area (Å²) in [4.78, 5) is 21.1. The van der Waals surface area contributed by atoms with E-state index in [0.29, 0.717) is 11.9 Å². The highest BCUT2D eigenvalue weighted by molar-refractivity contribution is 6.01. The first-order chi connectivity index (χ1) is 11.1. The van der Waals surface area contributed by atoms with Crippen molar-refractivity contribution in [1.29, 1.82) is 0 Å². The molecule has 0 radical (unpaired) electrons. The van der Waals surface area contributed by atoms with Gasteiger partial charge in [-0.1, -0.05) is 6.07 Å². The lowest BCUT2D eigenvalue weighted by molar-refractivity contribution is 0.0996. The third-order valence-corrected chi connectivity index (χ3v) is 4.32. The van der Waals surface area contributed by atoms with Crippen molar-refractivity contribution in [3.8, 4) is 0 Å². The van der Waals surface area contributed by atoms with Crippen molar-refractivity contribution in [2.75, 3.05) is 37.4 Å². The molecule has 7 heteroatoms. The van der Waals surface area contributed by atoms with E-state index in [2.05, 4.69) is 34.2 Å². The number of likely N-dealkylation sites (tertiary alicyclic amines) is 1. The third kappa shape index (κ3) is 4.27. The molecule has 0 bridgehead atoms. The monoisotopic (exact) mass is 350 g/mol. The number of pyridine rings is 1. The second-order valence-electron chi connectivity index (χ2n) is 5.96. The molecular formula is C17H23ClN4O2. The van der Waals surface area contributed by atoms with Crippen LogP contribution in [-0.2, 0) is 0 Å². The van der Waals surface area contributed by atoms with Crippen LogP contribution in [0.2, 0.25) is 0 Å². The fourth-order valence-electron chi connectivity index (χ4n) is 2.84. The normalized spacial score (nSPS) is 15.6. The third-order valence-electron chi connectivity index (χ3n) is 4.32. The van der Waals surface area contributed by atoms with Gasteiger partial charge in [0.1, 0.15) is 11.6 Å². The Kier molecular flexibility index (Phi) is 6.23. The molecule has 2 aromatic rings. The molecule has 0 aliphatic carbocycles. The molecule has 1 fully saturated rings. The van der Waals surface area contributed by atoms with E-state index in [-0.39, 0.29) is 24.1 Å². The first kappa shape index (κ1) is 18.3. The summed E-state index contributed by atoms with van der Waals surface area (Å²) in [7, 11) is 4.22. The van der Waals surface area contributed by atoms with Gasteiger partial charge in [0.2, 0.25) is 0 Å². The van der Waals surface area contributed by atoms with Crippen molar-refractivity contribution in [1.82, 2.24) is 9.88 Å². The van der Waals surface area contributed by atoms with E-state index in [1.165, 1.54) is 6.26 Å². The molecule has 1 aliphatic rings. The highest BCUT2D eigenvalue weighted by Crippen LogP contribution is 2.21. The zero-order chi connectivity index (χ0) is 16.2. The zero-order valence-electron chi connectivity index (χ0n) is 13.9. The molecule has 1 aliphatic heterocycles. The Morgan fingerprint density at radius 2 is 2.04 bits per heavy atom. The Hall–Kier alpha value is -2.05. The molecule has 6 nitrogen and oxygen atoms in total. The molecule has 0 aromatic carbocycles. The Bertz CT molecular complexity index is 654. The van der Waals surface area contributed by atoms with Crippen LogP contribution < -0.4 is 10.2 Å². The van der Waals surface area contributed by atoms with E-state index in [1.807, 2.05) is 12.1 Å². The minimum absolute atomic E-state index is 0. The second-order valence-corrected chi connectivity index (χ2v) is 5.96. The summed E-state index contributed by atoms with van der Waals surface area (Å²) in [5.41, 5.74) is 0. The number of nitrogens with one attached hydrogen (secondary N) is 1. The van der Waals surface area contributed by atoms with E-state index < -0.39 is 0 Å². The van der Waals surface area contributed by atoms with Crippen LogP contribution >= 0.6 is 12.4 Å². The molecule has 2 aromatic heterocycles. The van der Waals surface area contributed by atoms with Crippen LogP contribution in [-0.4, -0.2) is 49.0 Å². The molecule has 1 N–H and O–H groups in total. The standard InChI is InChI=1S/C17H22N4O2.ClH/c1-20-10-8-13(9-11-20)21(2)16-7-3-6-15(18-16)19-17(22)14-5-4-12-23-14;/h3-7,12-13H,8-11H2,1-2H3,(H,18,19,22);1H. The number of halogens is 1. The van der Waals surface area contributed by atoms with Gasteiger partial charge in [-0.05, 0) is 57.2 Å². The Labute approximate surface area is 148 Å². The summed E-state index contributed by atoms with van der Waals surface area (Å²) in [5, 5.41) is 2.77. The predicted molar refractivity (Wildman–Crippen MR) is 97.1 cm³/mol. The zero-order valence-corrected chi connectivity index (χ0v) is 14.8. The molecule has 1 saturated heterocycles. The van der Waals surface area contributed by atoms with Gasteiger partial charge in [0.15, 0.2) is 5.76 Å². The Morgan fingerprint density at radius 3 is 2.71 bits per heavy atom. The number of amides is 1. The fraction of sp³-hybridized carbons (Fsp3) is 0.412. The lowest BCUT2D eigenvalue weighted by Gasteiger charge is -2.35. The summed E-state index contributed by atoms with van der Waals surface area (Å²) in [6.07, 6.45) is 3.72. The molecule has 0 atom stereocenters. The number of piperidine rings is 1. The maximum atomic E-state index is 12.0. The average molecular weight is 351 g/mol. The number of rotatable bonds is 4. The number of furan rings is 1. The molecule has 1 amide bonds. The largest absolute Gasteiger partial charge is 0.459 e. The Balaban J connectivity index is 0.00000208. The minimum atomic E-state index is -0.290. The van der Waals surface area contributed by atoms with Crippen molar-refractivity contribution in [3.05, 3.63) is 42.4 Å². The fourth-order valence-corrected chi connectivity index (χ4v) is 2.84. The quantitative estimate of drug-likeness (QED) is 0.918. The van der Waals surface area contributed by atoms with E-state index in [0.717, 1.165) is 31.7 Å². The lowest BCUT2D eigenvalue weighted by atomic mass is 10.0. The van der Waals surface area contributed by atoms with Crippen LogP contribution in [0.1, 0.15) is 23.4 Å². The highest BCUT2D eigenvalue weighted by Gasteiger charge is 2.21. The van der Waals surface area contributed by atoms with E-state index in [1.54, 1.807) is 18.2 Å². The van der Waals surface area contributed by atoms with Gasteiger partial charge in [-0.2, -0.15) is 0 Å². The first-order valence-electron chi connectivity index (χ1n) is 7.87. The first-order valence-corrected chi connectivity index (χ1v) is 7.87. The second kappa shape index (κ2) is 8.17. The van der Waals surface area contributed by atoms with Crippen LogP contribution in [0.5, 0.6) is 0 Å². The summed E-state index contributed by atoms with van der Waals surface area (Å²) in [5.74, 6) is 1.39. The number of nitrogens with zero attached hydrogens (tertiary/aromatic N) is 3. The van der Waals surface area contributed by atoms with E-state index in [9.17, 15) is 4.79 Å². The molecule has 0 unspecified atom stereocenters. The predicted octanol–water partition coefficient (Wildman–Crippen LogP) is 2.88. The summed E-state index contributed by atoms with van der Waals surface area (Å²) in [6.45, 7) is 2.20. The number of carbonyl (C=O) groups is 1. The number of aromatic nitrogens is 1. The van der Waals surface area contributed by atoms with Crippen LogP contribution in [0.15, 0.2) is 41.0 Å². The number of hydrogen-bond donors (Lipinski definition) is 1. The topological polar surface area (TPSA) is 61.6 Å². The van der Waals surface area contributed by atoms with E-state index in [4.69, 9.17) is 4.42 Å². The maximum Gasteiger partial charge on any atom is 0.292 e. The van der Waals surface area contributed by atoms with Crippen LogP contribution in [0.3, 0.4) is 0 Å². The molecule has 0 saturated carbocycles. The number of carbonyl (C=O) groups excluding carboxylic acids is 1. The molecule has 24 heavy (non-hydrogen) atoms. The summed E-state index contributed by atoms with van der Waals surface area (Å²) in [6, 6.07) is 9.46. The molecular weight excluding hydrogens is 328 g/mol. The minimum Gasteiger partial charge on any atom is -0.459 e. The number of hydrogen-bond acceptors (Lipinski definition) is 5. The van der Waals surface area contributed by atoms with Crippen molar-refractivity contribution in [2.45, 2.75) is 18.9 Å².